The second-order valence-corrected chi connectivity index (χ2v) is 5.85. The average Bonchev–Trinajstić information content (AvgIpc) is 3.05. The largest absolute Gasteiger partial charge is 0.417 e. The van der Waals surface area contributed by atoms with E-state index in [1.54, 1.807) is 6.07 Å². The summed E-state index contributed by atoms with van der Waals surface area (Å²) in [5, 5.41) is 16.3. The molecule has 1 saturated heterocycles. The van der Waals surface area contributed by atoms with Gasteiger partial charge >= 0.3 is 6.18 Å². The van der Waals surface area contributed by atoms with Crippen LogP contribution in [0, 0.1) is 0 Å². The summed E-state index contributed by atoms with van der Waals surface area (Å²) in [4.78, 5) is 13.7. The van der Waals surface area contributed by atoms with Gasteiger partial charge in [-0.1, -0.05) is 30.3 Å². The van der Waals surface area contributed by atoms with Crippen LogP contribution in [-0.2, 0) is 0 Å². The third-order valence-corrected chi connectivity index (χ3v) is 4.28. The van der Waals surface area contributed by atoms with Crippen LogP contribution in [0.4, 0.5) is 13.2 Å². The van der Waals surface area contributed by atoms with Crippen molar-refractivity contribution in [3.8, 4) is 11.3 Å². The van der Waals surface area contributed by atoms with Crippen molar-refractivity contribution in [2.45, 2.75) is 24.6 Å². The molecule has 3 rings (SSSR count). The summed E-state index contributed by atoms with van der Waals surface area (Å²) < 4.78 is 38.4. The number of carbonyl (C=O) groups is 1. The molecule has 0 unspecified atom stereocenters. The number of carbonyl (C=O) groups excluding carboxylic acids is 1. The van der Waals surface area contributed by atoms with Crippen molar-refractivity contribution in [3.05, 3.63) is 42.1 Å². The second kappa shape index (κ2) is 5.94. The second-order valence-electron chi connectivity index (χ2n) is 5.85. The Bertz CT molecular complexity index is 720. The van der Waals surface area contributed by atoms with Gasteiger partial charge < -0.3 is 10.0 Å². The van der Waals surface area contributed by atoms with Crippen LogP contribution in [0.3, 0.4) is 0 Å². The number of aromatic amines is 1. The number of piperidine rings is 1. The summed E-state index contributed by atoms with van der Waals surface area (Å²) in [6, 6.07) is 10.8. The molecular weight excluding hydrogens is 323 g/mol. The van der Waals surface area contributed by atoms with Crippen molar-refractivity contribution >= 4 is 5.91 Å². The fraction of sp³-hybridized carbons (Fsp3) is 0.375. The third-order valence-electron chi connectivity index (χ3n) is 4.28. The van der Waals surface area contributed by atoms with E-state index in [2.05, 4.69) is 10.2 Å². The molecule has 1 fully saturated rings. The van der Waals surface area contributed by atoms with Crippen molar-refractivity contribution in [3.63, 3.8) is 0 Å². The highest BCUT2D eigenvalue weighted by Gasteiger charge is 2.54. The van der Waals surface area contributed by atoms with Crippen LogP contribution < -0.4 is 0 Å². The van der Waals surface area contributed by atoms with Crippen LogP contribution >= 0.6 is 0 Å². The first-order valence-corrected chi connectivity index (χ1v) is 7.49. The zero-order chi connectivity index (χ0) is 17.4. The maximum Gasteiger partial charge on any atom is 0.417 e. The Balaban J connectivity index is 1.70. The van der Waals surface area contributed by atoms with Gasteiger partial charge in [0.1, 0.15) is 5.69 Å². The first kappa shape index (κ1) is 16.5. The molecule has 0 radical (unpaired) electrons. The standard InChI is InChI=1S/C16H16F3N3O2/c17-16(18,19)15(24)6-8-22(9-7-15)14(23)13-10-12(20-21-13)11-4-2-1-3-5-11/h1-5,10,24H,6-9H2,(H,20,21). The number of hydrogen-bond donors (Lipinski definition) is 2. The topological polar surface area (TPSA) is 69.2 Å². The Morgan fingerprint density at radius 2 is 1.83 bits per heavy atom. The number of hydrogen-bond acceptors (Lipinski definition) is 3. The first-order valence-electron chi connectivity index (χ1n) is 7.49. The molecule has 2 aromatic rings. The number of halogens is 3. The highest BCUT2D eigenvalue weighted by molar-refractivity contribution is 5.93. The SMILES string of the molecule is O=C(c1cc(-c2ccccc2)n[nH]1)N1CCC(O)(C(F)(F)F)CC1. The number of likely N-dealkylation sites (tertiary alicyclic amines) is 1. The molecule has 128 valence electrons. The minimum Gasteiger partial charge on any atom is -0.380 e. The zero-order valence-electron chi connectivity index (χ0n) is 12.7. The zero-order valence-corrected chi connectivity index (χ0v) is 12.7. The number of nitrogens with one attached hydrogen (secondary N) is 1. The Morgan fingerprint density at radius 1 is 1.21 bits per heavy atom. The molecule has 0 bridgehead atoms. The third kappa shape index (κ3) is 3.01. The van der Waals surface area contributed by atoms with Crippen molar-refractivity contribution in [1.29, 1.82) is 0 Å². The molecule has 0 aliphatic carbocycles. The van der Waals surface area contributed by atoms with Crippen LogP contribution in [0.1, 0.15) is 23.3 Å². The molecule has 2 N–H and O–H groups in total. The van der Waals surface area contributed by atoms with E-state index in [9.17, 15) is 23.1 Å². The van der Waals surface area contributed by atoms with Crippen molar-refractivity contribution in [2.75, 3.05) is 13.1 Å². The molecule has 1 aromatic heterocycles. The number of aliphatic hydroxyl groups is 1. The van der Waals surface area contributed by atoms with Gasteiger partial charge in [-0.15, -0.1) is 0 Å². The van der Waals surface area contributed by atoms with Crippen molar-refractivity contribution < 1.29 is 23.1 Å². The summed E-state index contributed by atoms with van der Waals surface area (Å²) in [6.07, 6.45) is -5.74. The van der Waals surface area contributed by atoms with Gasteiger partial charge in [0.2, 0.25) is 0 Å². The Kier molecular flexibility index (Phi) is 4.08. The Morgan fingerprint density at radius 3 is 2.42 bits per heavy atom. The summed E-state index contributed by atoms with van der Waals surface area (Å²) in [6.45, 7) is -0.316. The highest BCUT2D eigenvalue weighted by Crippen LogP contribution is 2.38. The number of H-pyrrole nitrogens is 1. The van der Waals surface area contributed by atoms with Gasteiger partial charge in [-0.25, -0.2) is 0 Å². The molecule has 1 aliphatic rings. The van der Waals surface area contributed by atoms with E-state index in [0.717, 1.165) is 5.56 Å². The van der Waals surface area contributed by atoms with E-state index in [1.807, 2.05) is 30.3 Å². The van der Waals surface area contributed by atoms with Gasteiger partial charge in [0.25, 0.3) is 5.91 Å². The minimum atomic E-state index is -4.68. The van der Waals surface area contributed by atoms with Crippen LogP contribution in [0.2, 0.25) is 0 Å². The van der Waals surface area contributed by atoms with E-state index in [0.29, 0.717) is 5.69 Å². The lowest BCUT2D eigenvalue weighted by atomic mass is 9.90. The van der Waals surface area contributed by atoms with Gasteiger partial charge in [-0.3, -0.25) is 9.89 Å². The minimum absolute atomic E-state index is 0.158. The molecule has 5 nitrogen and oxygen atoms in total. The van der Waals surface area contributed by atoms with Gasteiger partial charge in [0, 0.05) is 31.5 Å². The monoisotopic (exact) mass is 339 g/mol. The van der Waals surface area contributed by atoms with E-state index >= 15 is 0 Å². The molecule has 0 spiro atoms. The molecule has 0 saturated carbocycles. The molecule has 2 heterocycles. The first-order chi connectivity index (χ1) is 11.3. The van der Waals surface area contributed by atoms with Crippen molar-refractivity contribution in [2.24, 2.45) is 0 Å². The fourth-order valence-electron chi connectivity index (χ4n) is 2.72. The van der Waals surface area contributed by atoms with Gasteiger partial charge in [-0.05, 0) is 6.07 Å². The molecule has 0 atom stereocenters. The Hall–Kier alpha value is -2.35. The Labute approximate surface area is 136 Å². The molecular formula is C16H16F3N3O2. The quantitative estimate of drug-likeness (QED) is 0.884. The van der Waals surface area contributed by atoms with Crippen LogP contribution in [0.15, 0.2) is 36.4 Å². The molecule has 1 aliphatic heterocycles. The predicted molar refractivity (Wildman–Crippen MR) is 80.2 cm³/mol. The van der Waals surface area contributed by atoms with Crippen LogP contribution in [0.5, 0.6) is 0 Å². The number of nitrogens with zero attached hydrogens (tertiary/aromatic N) is 2. The van der Waals surface area contributed by atoms with Gasteiger partial charge in [0.15, 0.2) is 5.60 Å². The maximum absolute atomic E-state index is 12.8. The summed E-state index contributed by atoms with van der Waals surface area (Å²) in [5.74, 6) is -0.422. The highest BCUT2D eigenvalue weighted by atomic mass is 19.4. The number of aromatic nitrogens is 2. The summed E-state index contributed by atoms with van der Waals surface area (Å²) in [7, 11) is 0. The lowest BCUT2D eigenvalue weighted by Crippen LogP contribution is -2.54. The summed E-state index contributed by atoms with van der Waals surface area (Å²) in [5.41, 5.74) is -1.08. The van der Waals surface area contributed by atoms with Crippen molar-refractivity contribution in [1.82, 2.24) is 15.1 Å². The van der Waals surface area contributed by atoms with Gasteiger partial charge in [0.05, 0.1) is 5.69 Å². The average molecular weight is 339 g/mol. The van der Waals surface area contributed by atoms with Gasteiger partial charge in [-0.2, -0.15) is 18.3 Å². The predicted octanol–water partition coefficient (Wildman–Crippen LogP) is 2.61. The van der Waals surface area contributed by atoms with Crippen LogP contribution in [0.25, 0.3) is 11.3 Å². The molecule has 8 heteroatoms. The number of rotatable bonds is 2. The normalized spacial score (nSPS) is 17.8. The van der Waals surface area contributed by atoms with E-state index in [4.69, 9.17) is 0 Å². The van der Waals surface area contributed by atoms with E-state index in [1.165, 1.54) is 4.90 Å². The van der Waals surface area contributed by atoms with Crippen LogP contribution in [-0.4, -0.2) is 51.0 Å². The molecule has 24 heavy (non-hydrogen) atoms. The lowest BCUT2D eigenvalue weighted by molar-refractivity contribution is -0.271. The molecule has 1 amide bonds. The van der Waals surface area contributed by atoms with E-state index in [-0.39, 0.29) is 18.8 Å². The van der Waals surface area contributed by atoms with E-state index < -0.39 is 30.5 Å². The maximum atomic E-state index is 12.8. The molecule has 1 aromatic carbocycles. The summed E-state index contributed by atoms with van der Waals surface area (Å²) >= 11 is 0. The lowest BCUT2D eigenvalue weighted by Gasteiger charge is -2.38. The number of amides is 1. The smallest absolute Gasteiger partial charge is 0.380 e. The fourth-order valence-corrected chi connectivity index (χ4v) is 2.72. The number of benzene rings is 1. The number of alkyl halides is 3.